The Hall–Kier alpha value is -2.97. The van der Waals surface area contributed by atoms with Crippen LogP contribution < -0.4 is 16.1 Å². The van der Waals surface area contributed by atoms with Crippen LogP contribution >= 0.6 is 0 Å². The molecule has 9 nitrogen and oxygen atoms in total. The lowest BCUT2D eigenvalue weighted by Crippen LogP contribution is -2.37. The molecule has 1 aliphatic carbocycles. The second-order valence-electron chi connectivity index (χ2n) is 8.24. The summed E-state index contributed by atoms with van der Waals surface area (Å²) in [6.45, 7) is 6.21. The summed E-state index contributed by atoms with van der Waals surface area (Å²) < 4.78 is 6.50. The molecule has 0 atom stereocenters. The van der Waals surface area contributed by atoms with Crippen molar-refractivity contribution in [1.29, 1.82) is 0 Å². The third-order valence-electron chi connectivity index (χ3n) is 5.36. The van der Waals surface area contributed by atoms with Gasteiger partial charge in [0.1, 0.15) is 22.5 Å². The van der Waals surface area contributed by atoms with Gasteiger partial charge in [-0.25, -0.2) is 4.63 Å². The molecule has 1 saturated carbocycles. The summed E-state index contributed by atoms with van der Waals surface area (Å²) >= 11 is 0. The monoisotopic (exact) mass is 415 g/mol. The maximum absolute atomic E-state index is 13.0. The van der Waals surface area contributed by atoms with Crippen LogP contribution in [0.5, 0.6) is 0 Å². The van der Waals surface area contributed by atoms with Gasteiger partial charge in [0.15, 0.2) is 0 Å². The van der Waals surface area contributed by atoms with Crippen molar-refractivity contribution in [3.8, 4) is 0 Å². The van der Waals surface area contributed by atoms with Crippen molar-refractivity contribution in [2.45, 2.75) is 65.5 Å². The lowest BCUT2D eigenvalue weighted by atomic mass is 9.95. The van der Waals surface area contributed by atoms with Crippen LogP contribution in [0.4, 0.5) is 0 Å². The van der Waals surface area contributed by atoms with E-state index < -0.39 is 17.2 Å². The first-order chi connectivity index (χ1) is 14.4. The van der Waals surface area contributed by atoms with Gasteiger partial charge in [0.25, 0.3) is 11.8 Å². The molecule has 2 heterocycles. The van der Waals surface area contributed by atoms with Crippen LogP contribution in [0.15, 0.2) is 21.8 Å². The van der Waals surface area contributed by atoms with E-state index in [0.717, 1.165) is 25.7 Å². The molecule has 0 aliphatic heterocycles. The van der Waals surface area contributed by atoms with Crippen LogP contribution in [0.1, 0.15) is 84.1 Å². The summed E-state index contributed by atoms with van der Waals surface area (Å²) in [7, 11) is 0. The number of carbonyl (C=O) groups is 2. The van der Waals surface area contributed by atoms with E-state index >= 15 is 0 Å². The second-order valence-corrected chi connectivity index (χ2v) is 8.24. The Bertz CT molecular complexity index is 957. The number of aryl methyl sites for hydroxylation is 1. The van der Waals surface area contributed by atoms with Crippen LogP contribution in [0, 0.1) is 12.8 Å². The Labute approximate surface area is 175 Å². The highest BCUT2D eigenvalue weighted by atomic mass is 16.6. The molecule has 0 bridgehead atoms. The number of nitrogens with zero attached hydrogens (tertiary/aromatic N) is 3. The first-order valence-corrected chi connectivity index (χ1v) is 10.5. The van der Waals surface area contributed by atoms with Gasteiger partial charge in [-0.15, -0.1) is 0 Å². The topological polar surface area (TPSA) is 119 Å². The molecule has 3 rings (SSSR count). The standard InChI is InChI=1S/C21H29N5O4/c1-13(2)9-22-20(28)16-11-26(15-7-5-4-6-8-15)12-17(19(16)27)21(29)23-10-18-14(3)24-30-25-18/h11-13,15H,4-10H2,1-3H3,(H,22,28)(H,23,29). The van der Waals surface area contributed by atoms with Crippen molar-refractivity contribution in [3.05, 3.63) is 45.1 Å². The predicted molar refractivity (Wildman–Crippen MR) is 110 cm³/mol. The van der Waals surface area contributed by atoms with Crippen molar-refractivity contribution in [3.63, 3.8) is 0 Å². The SMILES string of the molecule is Cc1nonc1CNC(=O)c1cn(C2CCCCC2)cc(C(=O)NCC(C)C)c1=O. The normalized spacial score (nSPS) is 14.7. The molecule has 30 heavy (non-hydrogen) atoms. The van der Waals surface area contributed by atoms with Gasteiger partial charge in [0.05, 0.1) is 6.54 Å². The van der Waals surface area contributed by atoms with Gasteiger partial charge in [-0.05, 0) is 25.7 Å². The van der Waals surface area contributed by atoms with Crippen molar-refractivity contribution < 1.29 is 14.2 Å². The van der Waals surface area contributed by atoms with E-state index in [2.05, 4.69) is 25.6 Å². The van der Waals surface area contributed by atoms with E-state index in [1.54, 1.807) is 19.3 Å². The van der Waals surface area contributed by atoms with Crippen molar-refractivity contribution in [1.82, 2.24) is 25.5 Å². The molecular formula is C21H29N5O4. The fourth-order valence-corrected chi connectivity index (χ4v) is 3.57. The summed E-state index contributed by atoms with van der Waals surface area (Å²) in [4.78, 5) is 38.5. The maximum atomic E-state index is 13.0. The number of aromatic nitrogens is 3. The fourth-order valence-electron chi connectivity index (χ4n) is 3.57. The number of hydrogen-bond acceptors (Lipinski definition) is 6. The van der Waals surface area contributed by atoms with Crippen molar-refractivity contribution >= 4 is 11.8 Å². The number of carbonyl (C=O) groups excluding carboxylic acids is 2. The van der Waals surface area contributed by atoms with Crippen LogP contribution in [0.25, 0.3) is 0 Å². The van der Waals surface area contributed by atoms with E-state index in [9.17, 15) is 14.4 Å². The Morgan fingerprint density at radius 3 is 2.30 bits per heavy atom. The molecule has 9 heteroatoms. The highest BCUT2D eigenvalue weighted by Gasteiger charge is 2.23. The molecule has 0 unspecified atom stereocenters. The van der Waals surface area contributed by atoms with Crippen molar-refractivity contribution in [2.24, 2.45) is 5.92 Å². The molecule has 0 radical (unpaired) electrons. The van der Waals surface area contributed by atoms with Gasteiger partial charge < -0.3 is 15.2 Å². The quantitative estimate of drug-likeness (QED) is 0.716. The summed E-state index contributed by atoms with van der Waals surface area (Å²) in [5, 5.41) is 12.9. The van der Waals surface area contributed by atoms with E-state index in [0.29, 0.717) is 17.9 Å². The third-order valence-corrected chi connectivity index (χ3v) is 5.36. The highest BCUT2D eigenvalue weighted by Crippen LogP contribution is 2.28. The largest absolute Gasteiger partial charge is 0.352 e. The van der Waals surface area contributed by atoms with Crippen LogP contribution in [-0.4, -0.2) is 33.2 Å². The lowest BCUT2D eigenvalue weighted by Gasteiger charge is -2.25. The average Bonchev–Trinajstić information content (AvgIpc) is 3.15. The smallest absolute Gasteiger partial charge is 0.257 e. The zero-order valence-electron chi connectivity index (χ0n) is 17.7. The van der Waals surface area contributed by atoms with Gasteiger partial charge in [-0.1, -0.05) is 43.4 Å². The zero-order valence-corrected chi connectivity index (χ0v) is 17.7. The Morgan fingerprint density at radius 2 is 1.73 bits per heavy atom. The van der Waals surface area contributed by atoms with Gasteiger partial charge in [-0.2, -0.15) is 0 Å². The second kappa shape index (κ2) is 9.69. The summed E-state index contributed by atoms with van der Waals surface area (Å²) in [6, 6.07) is 0.171. The van der Waals surface area contributed by atoms with Gasteiger partial charge >= 0.3 is 0 Å². The Morgan fingerprint density at radius 1 is 1.10 bits per heavy atom. The van der Waals surface area contributed by atoms with E-state index in [1.165, 1.54) is 6.42 Å². The van der Waals surface area contributed by atoms with Crippen LogP contribution in [-0.2, 0) is 6.54 Å². The predicted octanol–water partition coefficient (Wildman–Crippen LogP) is 2.36. The molecule has 1 fully saturated rings. The average molecular weight is 415 g/mol. The lowest BCUT2D eigenvalue weighted by molar-refractivity contribution is 0.0945. The number of nitrogens with one attached hydrogen (secondary N) is 2. The van der Waals surface area contributed by atoms with E-state index in [4.69, 9.17) is 0 Å². The minimum atomic E-state index is -0.573. The minimum Gasteiger partial charge on any atom is -0.352 e. The summed E-state index contributed by atoms with van der Waals surface area (Å²) in [5.74, 6) is -0.754. The number of amides is 2. The number of pyridine rings is 1. The molecule has 2 N–H and O–H groups in total. The molecule has 162 valence electrons. The molecule has 2 aromatic rings. The zero-order chi connectivity index (χ0) is 21.7. The Kier molecular flexibility index (Phi) is 7.02. The van der Waals surface area contributed by atoms with Gasteiger partial charge in [0.2, 0.25) is 5.43 Å². The van der Waals surface area contributed by atoms with E-state index in [1.807, 2.05) is 18.4 Å². The number of hydrogen-bond donors (Lipinski definition) is 2. The molecule has 2 aromatic heterocycles. The van der Waals surface area contributed by atoms with Gasteiger partial charge in [0, 0.05) is 25.0 Å². The molecule has 0 spiro atoms. The highest BCUT2D eigenvalue weighted by molar-refractivity contribution is 5.99. The molecule has 1 aliphatic rings. The first-order valence-electron chi connectivity index (χ1n) is 10.5. The minimum absolute atomic E-state index is 0.00634. The van der Waals surface area contributed by atoms with Crippen molar-refractivity contribution in [2.75, 3.05) is 6.54 Å². The summed E-state index contributed by atoms with van der Waals surface area (Å²) in [5.41, 5.74) is 0.425. The summed E-state index contributed by atoms with van der Waals surface area (Å²) in [6.07, 6.45) is 8.44. The molecule has 0 saturated heterocycles. The molecule has 2 amide bonds. The number of rotatable bonds is 7. The Balaban J connectivity index is 1.90. The maximum Gasteiger partial charge on any atom is 0.257 e. The fraction of sp³-hybridized carbons (Fsp3) is 0.571. The molecular weight excluding hydrogens is 386 g/mol. The molecule has 0 aromatic carbocycles. The van der Waals surface area contributed by atoms with Crippen LogP contribution in [0.3, 0.4) is 0 Å². The van der Waals surface area contributed by atoms with E-state index in [-0.39, 0.29) is 29.6 Å². The van der Waals surface area contributed by atoms with Gasteiger partial charge in [-0.3, -0.25) is 14.4 Å². The van der Waals surface area contributed by atoms with Crippen LogP contribution in [0.2, 0.25) is 0 Å². The third kappa shape index (κ3) is 5.14. The first kappa shape index (κ1) is 21.7.